The van der Waals surface area contributed by atoms with Gasteiger partial charge < -0.3 is 9.30 Å². The van der Waals surface area contributed by atoms with Gasteiger partial charge in [-0.3, -0.25) is 14.3 Å². The number of H-pyrrole nitrogens is 1. The summed E-state index contributed by atoms with van der Waals surface area (Å²) < 4.78 is 8.44. The largest absolute Gasteiger partial charge is 0.494 e. The lowest BCUT2D eigenvalue weighted by Gasteiger charge is -2.06. The van der Waals surface area contributed by atoms with Crippen molar-refractivity contribution in [2.75, 3.05) is 12.0 Å². The van der Waals surface area contributed by atoms with Crippen LogP contribution in [-0.2, 0) is 13.6 Å². The molecule has 0 saturated heterocycles. The third-order valence-corrected chi connectivity index (χ3v) is 4.02. The number of hydrazone groups is 1. The van der Waals surface area contributed by atoms with Crippen molar-refractivity contribution in [3.05, 3.63) is 50.7 Å². The second-order valence-corrected chi connectivity index (χ2v) is 5.95. The molecule has 3 aromatic rings. The summed E-state index contributed by atoms with van der Waals surface area (Å²) in [4.78, 5) is 30.7. The zero-order valence-corrected chi connectivity index (χ0v) is 15.5. The fraction of sp³-hybridized carbons (Fsp3) is 0.333. The SMILES string of the molecule is CCCn1c(NN=Cc2ccc(OCC)cc2)nc2c1c(=O)[nH]c(=O)n2C. The molecule has 0 amide bonds. The molecule has 0 bridgehead atoms. The van der Waals surface area contributed by atoms with Crippen LogP contribution in [-0.4, -0.2) is 31.9 Å². The molecule has 2 N–H and O–H groups in total. The molecule has 0 aliphatic rings. The minimum Gasteiger partial charge on any atom is -0.494 e. The van der Waals surface area contributed by atoms with Gasteiger partial charge in [-0.25, -0.2) is 10.2 Å². The van der Waals surface area contributed by atoms with Crippen LogP contribution in [0, 0.1) is 0 Å². The van der Waals surface area contributed by atoms with Gasteiger partial charge in [0.15, 0.2) is 11.2 Å². The monoisotopic (exact) mass is 370 g/mol. The molecule has 0 radical (unpaired) electrons. The molecule has 0 fully saturated rings. The highest BCUT2D eigenvalue weighted by atomic mass is 16.5. The van der Waals surface area contributed by atoms with E-state index in [0.717, 1.165) is 17.7 Å². The van der Waals surface area contributed by atoms with Gasteiger partial charge in [0, 0.05) is 13.6 Å². The van der Waals surface area contributed by atoms with Crippen LogP contribution in [0.1, 0.15) is 25.8 Å². The van der Waals surface area contributed by atoms with Crippen molar-refractivity contribution < 1.29 is 4.74 Å². The molecule has 2 aromatic heterocycles. The first-order valence-electron chi connectivity index (χ1n) is 8.76. The normalized spacial score (nSPS) is 11.4. The zero-order valence-electron chi connectivity index (χ0n) is 15.5. The molecular formula is C18H22N6O3. The summed E-state index contributed by atoms with van der Waals surface area (Å²) in [6.07, 6.45) is 2.44. The van der Waals surface area contributed by atoms with Crippen LogP contribution < -0.4 is 21.4 Å². The smallest absolute Gasteiger partial charge is 0.329 e. The van der Waals surface area contributed by atoms with E-state index in [1.807, 2.05) is 38.1 Å². The Hall–Kier alpha value is -3.36. The molecule has 2 heterocycles. The average Bonchev–Trinajstić information content (AvgIpc) is 3.01. The first-order valence-corrected chi connectivity index (χ1v) is 8.76. The average molecular weight is 370 g/mol. The molecule has 142 valence electrons. The highest BCUT2D eigenvalue weighted by molar-refractivity contribution is 5.80. The zero-order chi connectivity index (χ0) is 19.4. The molecule has 1 aromatic carbocycles. The van der Waals surface area contributed by atoms with E-state index >= 15 is 0 Å². The Morgan fingerprint density at radius 1 is 1.26 bits per heavy atom. The van der Waals surface area contributed by atoms with E-state index in [2.05, 4.69) is 20.5 Å². The minimum atomic E-state index is -0.502. The predicted molar refractivity (Wildman–Crippen MR) is 105 cm³/mol. The second kappa shape index (κ2) is 7.90. The van der Waals surface area contributed by atoms with E-state index in [9.17, 15) is 9.59 Å². The molecule has 0 unspecified atom stereocenters. The van der Waals surface area contributed by atoms with Gasteiger partial charge in [0.25, 0.3) is 5.56 Å². The molecule has 0 atom stereocenters. The minimum absolute atomic E-state index is 0.316. The third kappa shape index (κ3) is 3.76. The topological polar surface area (TPSA) is 106 Å². The Morgan fingerprint density at radius 2 is 2.00 bits per heavy atom. The lowest BCUT2D eigenvalue weighted by Crippen LogP contribution is -2.29. The van der Waals surface area contributed by atoms with Crippen molar-refractivity contribution >= 4 is 23.3 Å². The maximum Gasteiger partial charge on any atom is 0.329 e. The number of anilines is 1. The van der Waals surface area contributed by atoms with Gasteiger partial charge in [-0.15, -0.1) is 0 Å². The number of ether oxygens (including phenoxy) is 1. The van der Waals surface area contributed by atoms with E-state index in [1.54, 1.807) is 17.8 Å². The predicted octanol–water partition coefficient (Wildman–Crippen LogP) is 1.68. The number of rotatable bonds is 7. The summed E-state index contributed by atoms with van der Waals surface area (Å²) in [5.41, 5.74) is 3.45. The molecule has 0 saturated carbocycles. The van der Waals surface area contributed by atoms with Crippen molar-refractivity contribution in [3.63, 3.8) is 0 Å². The van der Waals surface area contributed by atoms with Crippen LogP contribution in [0.15, 0.2) is 39.0 Å². The first-order chi connectivity index (χ1) is 13.0. The molecule has 9 nitrogen and oxygen atoms in total. The number of aromatic amines is 1. The van der Waals surface area contributed by atoms with Crippen molar-refractivity contribution in [1.82, 2.24) is 19.1 Å². The number of nitrogens with one attached hydrogen (secondary N) is 2. The third-order valence-electron chi connectivity index (χ3n) is 4.02. The first kappa shape index (κ1) is 18.4. The number of hydrogen-bond donors (Lipinski definition) is 2. The van der Waals surface area contributed by atoms with Crippen LogP contribution in [0.4, 0.5) is 5.95 Å². The number of fused-ring (bicyclic) bond motifs is 1. The van der Waals surface area contributed by atoms with E-state index in [1.165, 1.54) is 4.57 Å². The molecular weight excluding hydrogens is 348 g/mol. The molecule has 9 heteroatoms. The summed E-state index contributed by atoms with van der Waals surface area (Å²) in [6, 6.07) is 7.51. The van der Waals surface area contributed by atoms with E-state index in [4.69, 9.17) is 4.74 Å². The molecule has 27 heavy (non-hydrogen) atoms. The summed E-state index contributed by atoms with van der Waals surface area (Å²) in [6.45, 7) is 5.11. The molecule has 0 spiro atoms. The van der Waals surface area contributed by atoms with Gasteiger partial charge >= 0.3 is 5.69 Å². The number of aromatic nitrogens is 4. The molecule has 0 aliphatic heterocycles. The van der Waals surface area contributed by atoms with Crippen molar-refractivity contribution in [1.29, 1.82) is 0 Å². The van der Waals surface area contributed by atoms with Gasteiger partial charge in [0.1, 0.15) is 5.75 Å². The lowest BCUT2D eigenvalue weighted by atomic mass is 10.2. The number of benzene rings is 1. The number of nitrogens with zero attached hydrogens (tertiary/aromatic N) is 4. The van der Waals surface area contributed by atoms with Crippen LogP contribution in [0.25, 0.3) is 11.2 Å². The van der Waals surface area contributed by atoms with Crippen molar-refractivity contribution in [2.45, 2.75) is 26.8 Å². The van der Waals surface area contributed by atoms with Crippen LogP contribution in [0.5, 0.6) is 5.75 Å². The maximum atomic E-state index is 12.2. The van der Waals surface area contributed by atoms with E-state index in [-0.39, 0.29) is 0 Å². The Bertz CT molecular complexity index is 1080. The van der Waals surface area contributed by atoms with Crippen LogP contribution in [0.2, 0.25) is 0 Å². The fourth-order valence-electron chi connectivity index (χ4n) is 2.74. The quantitative estimate of drug-likeness (QED) is 0.486. The van der Waals surface area contributed by atoms with Gasteiger partial charge in [0.2, 0.25) is 5.95 Å². The standard InChI is InChI=1S/C18H22N6O3/c1-4-10-24-14-15(23(3)18(26)21-16(14)25)20-17(24)22-19-11-12-6-8-13(9-7-12)27-5-2/h6-9,11H,4-5,10H2,1-3H3,(H,20,22)(H,21,25,26). The van der Waals surface area contributed by atoms with Gasteiger partial charge in [-0.2, -0.15) is 10.1 Å². The van der Waals surface area contributed by atoms with Crippen molar-refractivity contribution in [3.8, 4) is 5.75 Å². The Balaban J connectivity index is 1.91. The summed E-state index contributed by atoms with van der Waals surface area (Å²) >= 11 is 0. The van der Waals surface area contributed by atoms with E-state index < -0.39 is 11.2 Å². The maximum absolute atomic E-state index is 12.2. The summed E-state index contributed by atoms with van der Waals surface area (Å²) in [5.74, 6) is 1.20. The fourth-order valence-corrected chi connectivity index (χ4v) is 2.74. The highest BCUT2D eigenvalue weighted by Gasteiger charge is 2.16. The lowest BCUT2D eigenvalue weighted by molar-refractivity contribution is 0.340. The summed E-state index contributed by atoms with van der Waals surface area (Å²) in [5, 5.41) is 4.21. The van der Waals surface area contributed by atoms with Gasteiger partial charge in [-0.05, 0) is 43.2 Å². The highest BCUT2D eigenvalue weighted by Crippen LogP contribution is 2.16. The number of imidazole rings is 1. The van der Waals surface area contributed by atoms with Gasteiger partial charge in [-0.1, -0.05) is 6.92 Å². The summed E-state index contributed by atoms with van der Waals surface area (Å²) in [7, 11) is 1.57. The van der Waals surface area contributed by atoms with Crippen LogP contribution in [0.3, 0.4) is 0 Å². The Labute approximate surface area is 155 Å². The van der Waals surface area contributed by atoms with E-state index in [0.29, 0.717) is 30.3 Å². The number of hydrogen-bond acceptors (Lipinski definition) is 6. The molecule has 3 rings (SSSR count). The van der Waals surface area contributed by atoms with Crippen LogP contribution >= 0.6 is 0 Å². The second-order valence-electron chi connectivity index (χ2n) is 5.95. The van der Waals surface area contributed by atoms with Gasteiger partial charge in [0.05, 0.1) is 12.8 Å². The van der Waals surface area contributed by atoms with Crippen molar-refractivity contribution in [2.24, 2.45) is 12.1 Å². The number of aryl methyl sites for hydroxylation is 2. The molecule has 0 aliphatic carbocycles. The Morgan fingerprint density at radius 3 is 2.67 bits per heavy atom. The Kier molecular flexibility index (Phi) is 5.39.